The van der Waals surface area contributed by atoms with E-state index in [1.165, 1.54) is 18.4 Å². The van der Waals surface area contributed by atoms with Crippen molar-refractivity contribution >= 4 is 5.78 Å². The van der Waals surface area contributed by atoms with Gasteiger partial charge in [-0.1, -0.05) is 0 Å². The molecule has 0 bridgehead atoms. The Morgan fingerprint density at radius 3 is 3.07 bits per heavy atom. The molecule has 2 heteroatoms. The maximum atomic E-state index is 11.0. The Morgan fingerprint density at radius 2 is 2.43 bits per heavy atom. The van der Waals surface area contributed by atoms with E-state index in [4.69, 9.17) is 6.42 Å². The molecular weight excluding hydrogens is 174 g/mol. The number of pyridine rings is 1. The molecule has 0 saturated heterocycles. The lowest BCUT2D eigenvalue weighted by Crippen LogP contribution is -2.01. The fourth-order valence-corrected chi connectivity index (χ4v) is 1.48. The van der Waals surface area contributed by atoms with E-state index in [1.807, 2.05) is 12.1 Å². The first-order valence-electron chi connectivity index (χ1n) is 4.74. The minimum Gasteiger partial charge on any atom is -0.284 e. The van der Waals surface area contributed by atoms with Crippen molar-refractivity contribution in [3.63, 3.8) is 0 Å². The molecule has 14 heavy (non-hydrogen) atoms. The van der Waals surface area contributed by atoms with Crippen molar-refractivity contribution in [2.75, 3.05) is 0 Å². The molecule has 1 saturated carbocycles. The number of hydrogen-bond acceptors (Lipinski definition) is 2. The van der Waals surface area contributed by atoms with Crippen LogP contribution in [0.3, 0.4) is 0 Å². The predicted octanol–water partition coefficient (Wildman–Crippen LogP) is 1.70. The number of Topliss-reactive ketones (excluding diaryl/α,β-unsaturated/α-hetero) is 1. The summed E-state index contributed by atoms with van der Waals surface area (Å²) in [6.07, 6.45) is 9.53. The van der Waals surface area contributed by atoms with Gasteiger partial charge in [0.1, 0.15) is 0 Å². The smallest absolute Gasteiger partial charge is 0.211 e. The molecule has 1 fully saturated rings. The van der Waals surface area contributed by atoms with Crippen molar-refractivity contribution in [3.05, 3.63) is 29.6 Å². The molecule has 0 aromatic carbocycles. The highest BCUT2D eigenvalue weighted by Gasteiger charge is 2.23. The van der Waals surface area contributed by atoms with Crippen LogP contribution in [0.5, 0.6) is 0 Å². The number of carbonyl (C=O) groups is 1. The van der Waals surface area contributed by atoms with Crippen LogP contribution in [0.2, 0.25) is 0 Å². The van der Waals surface area contributed by atoms with Crippen LogP contribution in [-0.2, 0) is 11.2 Å². The first-order valence-corrected chi connectivity index (χ1v) is 4.74. The first-order chi connectivity index (χ1) is 6.79. The van der Waals surface area contributed by atoms with E-state index in [1.54, 1.807) is 6.20 Å². The molecule has 0 radical (unpaired) electrons. The molecule has 1 aromatic rings. The Labute approximate surface area is 83.4 Å². The number of carbonyl (C=O) groups excluding carboxylic acids is 1. The Morgan fingerprint density at radius 1 is 1.64 bits per heavy atom. The van der Waals surface area contributed by atoms with E-state index in [9.17, 15) is 4.79 Å². The van der Waals surface area contributed by atoms with Crippen molar-refractivity contribution in [3.8, 4) is 12.3 Å². The van der Waals surface area contributed by atoms with Crippen molar-refractivity contribution in [2.24, 2.45) is 0 Å². The van der Waals surface area contributed by atoms with E-state index >= 15 is 0 Å². The van der Waals surface area contributed by atoms with Crippen LogP contribution in [0.4, 0.5) is 0 Å². The average molecular weight is 185 g/mol. The van der Waals surface area contributed by atoms with Crippen molar-refractivity contribution in [1.29, 1.82) is 0 Å². The van der Waals surface area contributed by atoms with Gasteiger partial charge in [0.2, 0.25) is 5.78 Å². The van der Waals surface area contributed by atoms with Gasteiger partial charge in [-0.2, -0.15) is 0 Å². The lowest BCUT2D eigenvalue weighted by molar-refractivity contribution is -0.113. The molecule has 1 heterocycles. The highest BCUT2D eigenvalue weighted by molar-refractivity contribution is 5.96. The fourth-order valence-electron chi connectivity index (χ4n) is 1.48. The number of aromatic nitrogens is 1. The minimum atomic E-state index is -0.203. The van der Waals surface area contributed by atoms with E-state index in [0.29, 0.717) is 5.92 Å². The average Bonchev–Trinajstić information content (AvgIpc) is 3.01. The summed E-state index contributed by atoms with van der Waals surface area (Å²) >= 11 is 0. The second kappa shape index (κ2) is 3.63. The lowest BCUT2D eigenvalue weighted by Gasteiger charge is -2.00. The van der Waals surface area contributed by atoms with Gasteiger partial charge in [-0.15, -0.1) is 6.42 Å². The topological polar surface area (TPSA) is 30.0 Å². The predicted molar refractivity (Wildman–Crippen MR) is 53.8 cm³/mol. The van der Waals surface area contributed by atoms with Crippen LogP contribution >= 0.6 is 0 Å². The molecular formula is C12H11NO. The van der Waals surface area contributed by atoms with Gasteiger partial charge in [0, 0.05) is 11.9 Å². The summed E-state index contributed by atoms with van der Waals surface area (Å²) in [6, 6.07) is 4.01. The lowest BCUT2D eigenvalue weighted by atomic mass is 10.1. The molecule has 1 aliphatic carbocycles. The molecule has 1 aliphatic rings. The van der Waals surface area contributed by atoms with E-state index < -0.39 is 0 Å². The van der Waals surface area contributed by atoms with Crippen LogP contribution in [0.25, 0.3) is 0 Å². The quantitative estimate of drug-likeness (QED) is 0.530. The third kappa shape index (κ3) is 2.00. The monoisotopic (exact) mass is 185 g/mol. The third-order valence-electron chi connectivity index (χ3n) is 2.39. The highest BCUT2D eigenvalue weighted by Crippen LogP contribution is 2.39. The number of ketones is 1. The van der Waals surface area contributed by atoms with Gasteiger partial charge >= 0.3 is 0 Å². The van der Waals surface area contributed by atoms with E-state index in [-0.39, 0.29) is 12.2 Å². The Hall–Kier alpha value is -1.62. The van der Waals surface area contributed by atoms with Crippen LogP contribution in [-0.4, -0.2) is 10.8 Å². The Balaban J connectivity index is 2.14. The third-order valence-corrected chi connectivity index (χ3v) is 2.39. The minimum absolute atomic E-state index is 0.203. The summed E-state index contributed by atoms with van der Waals surface area (Å²) < 4.78 is 0. The summed E-state index contributed by atoms with van der Waals surface area (Å²) in [7, 11) is 0. The summed E-state index contributed by atoms with van der Waals surface area (Å²) in [5.41, 5.74) is 2.08. The number of rotatable bonds is 3. The molecule has 0 N–H and O–H groups in total. The second-order valence-electron chi connectivity index (χ2n) is 3.60. The molecule has 0 atom stereocenters. The molecule has 0 spiro atoms. The van der Waals surface area contributed by atoms with Crippen LogP contribution < -0.4 is 0 Å². The van der Waals surface area contributed by atoms with Gasteiger partial charge in [-0.05, 0) is 42.4 Å². The highest BCUT2D eigenvalue weighted by atomic mass is 16.1. The van der Waals surface area contributed by atoms with Gasteiger partial charge in [0.05, 0.1) is 6.42 Å². The van der Waals surface area contributed by atoms with Crippen LogP contribution in [0.1, 0.15) is 30.0 Å². The normalized spacial score (nSPS) is 14.8. The van der Waals surface area contributed by atoms with Crippen molar-refractivity contribution in [1.82, 2.24) is 4.98 Å². The largest absolute Gasteiger partial charge is 0.284 e. The van der Waals surface area contributed by atoms with Crippen LogP contribution in [0.15, 0.2) is 18.3 Å². The summed E-state index contributed by atoms with van der Waals surface area (Å²) in [5, 5.41) is 0. The molecule has 0 unspecified atom stereocenters. The van der Waals surface area contributed by atoms with Crippen LogP contribution in [0, 0.1) is 12.3 Å². The van der Waals surface area contributed by atoms with E-state index in [0.717, 1.165) is 5.69 Å². The second-order valence-corrected chi connectivity index (χ2v) is 3.60. The fraction of sp³-hybridized carbons (Fsp3) is 0.333. The number of terminal acetylenes is 1. The maximum absolute atomic E-state index is 11.0. The number of nitrogens with zero attached hydrogens (tertiary/aromatic N) is 1. The molecule has 70 valence electrons. The molecule has 1 aromatic heterocycles. The van der Waals surface area contributed by atoms with Gasteiger partial charge < -0.3 is 0 Å². The van der Waals surface area contributed by atoms with Crippen molar-refractivity contribution < 1.29 is 4.79 Å². The summed E-state index contributed by atoms with van der Waals surface area (Å²) in [4.78, 5) is 15.1. The number of hydrogen-bond donors (Lipinski definition) is 0. The van der Waals surface area contributed by atoms with E-state index in [2.05, 4.69) is 10.9 Å². The zero-order valence-corrected chi connectivity index (χ0v) is 7.86. The van der Waals surface area contributed by atoms with Gasteiger partial charge in [0.15, 0.2) is 0 Å². The molecule has 0 aliphatic heterocycles. The summed E-state index contributed by atoms with van der Waals surface area (Å²) in [5.74, 6) is 2.59. The zero-order valence-electron chi connectivity index (χ0n) is 7.86. The Bertz CT molecular complexity index is 399. The Kier molecular flexibility index (Phi) is 2.32. The van der Waals surface area contributed by atoms with Gasteiger partial charge in [-0.3, -0.25) is 9.78 Å². The SMILES string of the molecule is C#CC(=O)Cc1cc(C2CC2)ccn1. The zero-order chi connectivity index (χ0) is 9.97. The first kappa shape index (κ1) is 8.96. The molecule has 0 amide bonds. The van der Waals surface area contributed by atoms with Crippen molar-refractivity contribution in [2.45, 2.75) is 25.2 Å². The maximum Gasteiger partial charge on any atom is 0.211 e. The summed E-state index contributed by atoms with van der Waals surface area (Å²) in [6.45, 7) is 0. The molecule has 2 nitrogen and oxygen atoms in total. The van der Waals surface area contributed by atoms with Gasteiger partial charge in [0.25, 0.3) is 0 Å². The van der Waals surface area contributed by atoms with Gasteiger partial charge in [-0.25, -0.2) is 0 Å². The molecule has 2 rings (SSSR count). The standard InChI is InChI=1S/C12H11NO/c1-2-12(14)8-11-7-10(5-6-13-11)9-3-4-9/h1,5-7,9H,3-4,8H2.